The summed E-state index contributed by atoms with van der Waals surface area (Å²) in [6.07, 6.45) is 1.42. The van der Waals surface area contributed by atoms with Gasteiger partial charge in [-0.3, -0.25) is 9.59 Å². The lowest BCUT2D eigenvalue weighted by Gasteiger charge is -2.21. The zero-order chi connectivity index (χ0) is 15.2. The molecule has 0 bridgehead atoms. The van der Waals surface area contributed by atoms with Crippen molar-refractivity contribution in [2.75, 3.05) is 25.1 Å². The molecule has 1 aromatic rings. The minimum absolute atomic E-state index is 0.0395. The molecule has 1 heterocycles. The molecule has 2 N–H and O–H groups in total. The smallest absolute Gasteiger partial charge is 0.243 e. The van der Waals surface area contributed by atoms with E-state index in [2.05, 4.69) is 10.6 Å². The van der Waals surface area contributed by atoms with Gasteiger partial charge >= 0.3 is 0 Å². The second-order valence-electron chi connectivity index (χ2n) is 5.07. The second kappa shape index (κ2) is 7.43. The summed E-state index contributed by atoms with van der Waals surface area (Å²) in [6.45, 7) is 3.00. The molecule has 1 fully saturated rings. The summed E-state index contributed by atoms with van der Waals surface area (Å²) in [5.74, 6) is -0.406. The van der Waals surface area contributed by atoms with E-state index < -0.39 is 0 Å². The predicted octanol–water partition coefficient (Wildman–Crippen LogP) is 2.13. The average molecular weight is 311 g/mol. The molecule has 0 radical (unpaired) electrons. The van der Waals surface area contributed by atoms with E-state index in [9.17, 15) is 9.59 Å². The lowest BCUT2D eigenvalue weighted by molar-refractivity contribution is -0.129. The van der Waals surface area contributed by atoms with Crippen molar-refractivity contribution in [2.24, 2.45) is 5.92 Å². The van der Waals surface area contributed by atoms with Crippen LogP contribution in [0.25, 0.3) is 0 Å². The van der Waals surface area contributed by atoms with Crippen molar-refractivity contribution in [1.82, 2.24) is 5.32 Å². The van der Waals surface area contributed by atoms with Crippen molar-refractivity contribution < 1.29 is 14.3 Å². The largest absolute Gasteiger partial charge is 0.381 e. The van der Waals surface area contributed by atoms with Crippen LogP contribution < -0.4 is 10.6 Å². The van der Waals surface area contributed by atoms with Crippen LogP contribution in [0.15, 0.2) is 18.2 Å². The second-order valence-corrected chi connectivity index (χ2v) is 5.47. The Hall–Kier alpha value is -1.59. The molecular formula is C15H19ClN2O3. The lowest BCUT2D eigenvalue weighted by atomic mass is 9.99. The molecule has 2 amide bonds. The fourth-order valence-electron chi connectivity index (χ4n) is 2.21. The maximum absolute atomic E-state index is 11.9. The van der Waals surface area contributed by atoms with Crippen LogP contribution >= 0.6 is 11.6 Å². The van der Waals surface area contributed by atoms with E-state index in [0.717, 1.165) is 5.56 Å². The Morgan fingerprint density at radius 1 is 1.33 bits per heavy atom. The number of anilines is 1. The molecule has 0 spiro atoms. The van der Waals surface area contributed by atoms with E-state index in [1.54, 1.807) is 18.2 Å². The van der Waals surface area contributed by atoms with Crippen molar-refractivity contribution in [3.05, 3.63) is 28.8 Å². The van der Waals surface area contributed by atoms with E-state index in [1.165, 1.54) is 0 Å². The molecule has 21 heavy (non-hydrogen) atoms. The summed E-state index contributed by atoms with van der Waals surface area (Å²) in [5.41, 5.74) is 1.47. The van der Waals surface area contributed by atoms with Crippen LogP contribution in [0, 0.1) is 12.8 Å². The molecule has 1 aromatic carbocycles. The first-order valence-corrected chi connectivity index (χ1v) is 7.36. The monoisotopic (exact) mass is 310 g/mol. The maximum atomic E-state index is 11.9. The maximum Gasteiger partial charge on any atom is 0.243 e. The molecular weight excluding hydrogens is 292 g/mol. The molecule has 0 aliphatic carbocycles. The van der Waals surface area contributed by atoms with E-state index in [0.29, 0.717) is 36.8 Å². The van der Waals surface area contributed by atoms with Gasteiger partial charge in [0.1, 0.15) is 0 Å². The zero-order valence-electron chi connectivity index (χ0n) is 11.9. The molecule has 0 aromatic heterocycles. The van der Waals surface area contributed by atoms with Crippen molar-refractivity contribution in [2.45, 2.75) is 19.8 Å². The van der Waals surface area contributed by atoms with Crippen molar-refractivity contribution >= 4 is 29.1 Å². The van der Waals surface area contributed by atoms with E-state index in [-0.39, 0.29) is 24.3 Å². The molecule has 0 atom stereocenters. The van der Waals surface area contributed by atoms with Gasteiger partial charge in [0.15, 0.2) is 0 Å². The third kappa shape index (κ3) is 4.44. The average Bonchev–Trinajstić information content (AvgIpc) is 2.50. The SMILES string of the molecule is Cc1c(Cl)cccc1NC(=O)CNC(=O)C1CCOCC1. The number of halogens is 1. The van der Waals surface area contributed by atoms with Crippen LogP contribution in [-0.4, -0.2) is 31.6 Å². The first kappa shape index (κ1) is 15.8. The molecule has 6 heteroatoms. The summed E-state index contributed by atoms with van der Waals surface area (Å²) in [7, 11) is 0. The first-order chi connectivity index (χ1) is 10.1. The van der Waals surface area contributed by atoms with Crippen LogP contribution in [-0.2, 0) is 14.3 Å². The van der Waals surface area contributed by atoms with Gasteiger partial charge in [-0.25, -0.2) is 0 Å². The standard InChI is InChI=1S/C15H19ClN2O3/c1-10-12(16)3-2-4-13(10)18-14(19)9-17-15(20)11-5-7-21-8-6-11/h2-4,11H,5-9H2,1H3,(H,17,20)(H,18,19). The highest BCUT2D eigenvalue weighted by molar-refractivity contribution is 6.31. The van der Waals surface area contributed by atoms with Gasteiger partial charge in [0.25, 0.3) is 0 Å². The number of amides is 2. The Labute approximate surface area is 129 Å². The number of carbonyl (C=O) groups excluding carboxylic acids is 2. The fraction of sp³-hybridized carbons (Fsp3) is 0.467. The molecule has 114 valence electrons. The van der Waals surface area contributed by atoms with Gasteiger partial charge in [-0.2, -0.15) is 0 Å². The van der Waals surface area contributed by atoms with E-state index in [4.69, 9.17) is 16.3 Å². The number of carbonyl (C=O) groups is 2. The third-order valence-electron chi connectivity index (χ3n) is 3.56. The summed E-state index contributed by atoms with van der Waals surface area (Å²) >= 11 is 5.99. The third-order valence-corrected chi connectivity index (χ3v) is 3.97. The Bertz CT molecular complexity index is 528. The number of benzene rings is 1. The fourth-order valence-corrected chi connectivity index (χ4v) is 2.38. The topological polar surface area (TPSA) is 67.4 Å². The number of ether oxygens (including phenoxy) is 1. The van der Waals surface area contributed by atoms with Crippen molar-refractivity contribution in [3.63, 3.8) is 0 Å². The van der Waals surface area contributed by atoms with Gasteiger partial charge in [0, 0.05) is 29.8 Å². The normalized spacial score (nSPS) is 15.5. The van der Waals surface area contributed by atoms with Crippen molar-refractivity contribution in [1.29, 1.82) is 0 Å². The highest BCUT2D eigenvalue weighted by Gasteiger charge is 2.21. The Morgan fingerprint density at radius 3 is 2.76 bits per heavy atom. The van der Waals surface area contributed by atoms with Gasteiger partial charge in [-0.1, -0.05) is 17.7 Å². The van der Waals surface area contributed by atoms with Gasteiger partial charge in [0.2, 0.25) is 11.8 Å². The lowest BCUT2D eigenvalue weighted by Crippen LogP contribution is -2.38. The zero-order valence-corrected chi connectivity index (χ0v) is 12.7. The van der Waals surface area contributed by atoms with Crippen LogP contribution in [0.3, 0.4) is 0 Å². The quantitative estimate of drug-likeness (QED) is 0.895. The van der Waals surface area contributed by atoms with Gasteiger partial charge < -0.3 is 15.4 Å². The molecule has 2 rings (SSSR count). The van der Waals surface area contributed by atoms with Crippen LogP contribution in [0.4, 0.5) is 5.69 Å². The molecule has 5 nitrogen and oxygen atoms in total. The number of rotatable bonds is 4. The number of hydrogen-bond acceptors (Lipinski definition) is 3. The highest BCUT2D eigenvalue weighted by Crippen LogP contribution is 2.22. The van der Waals surface area contributed by atoms with Gasteiger partial charge in [-0.15, -0.1) is 0 Å². The van der Waals surface area contributed by atoms with Crippen LogP contribution in [0.5, 0.6) is 0 Å². The Morgan fingerprint density at radius 2 is 2.05 bits per heavy atom. The Kier molecular flexibility index (Phi) is 5.59. The summed E-state index contributed by atoms with van der Waals surface area (Å²) in [6, 6.07) is 5.31. The molecule has 0 unspecified atom stereocenters. The minimum Gasteiger partial charge on any atom is -0.381 e. The summed E-state index contributed by atoms with van der Waals surface area (Å²) in [5, 5.41) is 6.01. The van der Waals surface area contributed by atoms with Crippen molar-refractivity contribution in [3.8, 4) is 0 Å². The molecule has 1 aliphatic heterocycles. The van der Waals surface area contributed by atoms with Crippen LogP contribution in [0.1, 0.15) is 18.4 Å². The minimum atomic E-state index is -0.263. The van der Waals surface area contributed by atoms with Crippen LogP contribution in [0.2, 0.25) is 5.02 Å². The number of hydrogen-bond donors (Lipinski definition) is 2. The van der Waals surface area contributed by atoms with Gasteiger partial charge in [-0.05, 0) is 37.5 Å². The number of nitrogens with one attached hydrogen (secondary N) is 2. The molecule has 1 saturated heterocycles. The Balaban J connectivity index is 1.81. The van der Waals surface area contributed by atoms with E-state index >= 15 is 0 Å². The van der Waals surface area contributed by atoms with E-state index in [1.807, 2.05) is 6.92 Å². The van der Waals surface area contributed by atoms with Gasteiger partial charge in [0.05, 0.1) is 6.54 Å². The molecule has 1 aliphatic rings. The summed E-state index contributed by atoms with van der Waals surface area (Å²) in [4.78, 5) is 23.8. The molecule has 0 saturated carbocycles. The predicted molar refractivity (Wildman–Crippen MR) is 81.4 cm³/mol. The first-order valence-electron chi connectivity index (χ1n) is 6.98. The highest BCUT2D eigenvalue weighted by atomic mass is 35.5. The summed E-state index contributed by atoms with van der Waals surface area (Å²) < 4.78 is 5.21.